The molecule has 0 atom stereocenters. The normalized spacial score (nSPS) is 17.4. The average molecular weight is 388 g/mol. The van der Waals surface area contributed by atoms with Crippen LogP contribution in [-0.2, 0) is 4.79 Å². The fourth-order valence-electron chi connectivity index (χ4n) is 3.35. The first-order valence-corrected chi connectivity index (χ1v) is 10.4. The maximum absolute atomic E-state index is 11.8. The van der Waals surface area contributed by atoms with Crippen molar-refractivity contribution in [2.24, 2.45) is 4.99 Å². The molecule has 154 valence electrons. The molecule has 1 aliphatic carbocycles. The number of nitrogens with one attached hydrogen (secondary N) is 2. The quantitative estimate of drug-likeness (QED) is 0.405. The molecule has 1 saturated heterocycles. The first kappa shape index (κ1) is 20.3. The van der Waals surface area contributed by atoms with Crippen LogP contribution in [0.3, 0.4) is 0 Å². The minimum atomic E-state index is 0.163. The summed E-state index contributed by atoms with van der Waals surface area (Å²) in [6.45, 7) is 7.39. The number of nitrogens with zero attached hydrogens (tertiary/aromatic N) is 3. The molecule has 0 radical (unpaired) electrons. The highest BCUT2D eigenvalue weighted by atomic mass is 16.5. The van der Waals surface area contributed by atoms with Gasteiger partial charge in [-0.1, -0.05) is 0 Å². The highest BCUT2D eigenvalue weighted by molar-refractivity contribution is 5.80. The van der Waals surface area contributed by atoms with E-state index in [2.05, 4.69) is 39.5 Å². The van der Waals surface area contributed by atoms with Crippen molar-refractivity contribution < 1.29 is 9.53 Å². The summed E-state index contributed by atoms with van der Waals surface area (Å²) in [5.74, 6) is 2.00. The van der Waals surface area contributed by atoms with E-state index in [0.717, 1.165) is 63.7 Å². The number of guanidine groups is 1. The first-order valence-electron chi connectivity index (χ1n) is 10.4. The van der Waals surface area contributed by atoms with Gasteiger partial charge < -0.3 is 25.2 Å². The third-order valence-corrected chi connectivity index (χ3v) is 5.12. The van der Waals surface area contributed by atoms with Crippen LogP contribution in [0, 0.1) is 0 Å². The lowest BCUT2D eigenvalue weighted by Crippen LogP contribution is -2.52. The molecular formula is C21H33N5O2. The number of hydrogen-bond acceptors (Lipinski definition) is 4. The van der Waals surface area contributed by atoms with Crippen molar-refractivity contribution in [3.63, 3.8) is 0 Å². The zero-order chi connectivity index (χ0) is 19.8. The zero-order valence-corrected chi connectivity index (χ0v) is 17.1. The second-order valence-electron chi connectivity index (χ2n) is 7.35. The van der Waals surface area contributed by atoms with Gasteiger partial charge in [0.25, 0.3) is 0 Å². The van der Waals surface area contributed by atoms with Crippen LogP contribution in [0.1, 0.15) is 32.6 Å². The number of hydrogen-bond donors (Lipinski definition) is 2. The third kappa shape index (κ3) is 6.04. The lowest BCUT2D eigenvalue weighted by Gasteiger charge is -2.37. The predicted molar refractivity (Wildman–Crippen MR) is 113 cm³/mol. The highest BCUT2D eigenvalue weighted by Crippen LogP contribution is 2.20. The number of carbonyl (C=O) groups excluding carboxylic acids is 1. The molecular weight excluding hydrogens is 354 g/mol. The van der Waals surface area contributed by atoms with Crippen molar-refractivity contribution in [3.8, 4) is 5.75 Å². The Bertz CT molecular complexity index is 649. The Morgan fingerprint density at radius 1 is 1.18 bits per heavy atom. The van der Waals surface area contributed by atoms with E-state index in [1.165, 1.54) is 5.69 Å². The summed E-state index contributed by atoms with van der Waals surface area (Å²) in [5.41, 5.74) is 1.23. The first-order chi connectivity index (χ1) is 13.7. The summed E-state index contributed by atoms with van der Waals surface area (Å²) in [6, 6.07) is 8.68. The SMILES string of the molecule is CCNC(=NCCCC(=O)NC1CC1)N1CCN(c2ccc(OC)cc2)CC1. The Morgan fingerprint density at radius 3 is 2.50 bits per heavy atom. The van der Waals surface area contributed by atoms with Crippen LogP contribution in [0.5, 0.6) is 5.75 Å². The molecule has 2 aliphatic rings. The fraction of sp³-hybridized carbons (Fsp3) is 0.619. The molecule has 0 spiro atoms. The maximum atomic E-state index is 11.8. The summed E-state index contributed by atoms with van der Waals surface area (Å²) in [5, 5.41) is 6.42. The van der Waals surface area contributed by atoms with E-state index >= 15 is 0 Å². The average Bonchev–Trinajstić information content (AvgIpc) is 3.54. The zero-order valence-electron chi connectivity index (χ0n) is 17.1. The predicted octanol–water partition coefficient (Wildman–Crippen LogP) is 1.84. The Hall–Kier alpha value is -2.44. The Morgan fingerprint density at radius 2 is 1.89 bits per heavy atom. The maximum Gasteiger partial charge on any atom is 0.220 e. The van der Waals surface area contributed by atoms with Crippen molar-refractivity contribution >= 4 is 17.6 Å². The van der Waals surface area contributed by atoms with Crippen LogP contribution in [0.2, 0.25) is 0 Å². The van der Waals surface area contributed by atoms with Gasteiger partial charge in [-0.3, -0.25) is 9.79 Å². The lowest BCUT2D eigenvalue weighted by atomic mass is 10.2. The molecule has 0 unspecified atom stereocenters. The van der Waals surface area contributed by atoms with Gasteiger partial charge in [-0.05, 0) is 50.5 Å². The number of methoxy groups -OCH3 is 1. The second kappa shape index (κ2) is 10.2. The molecule has 2 N–H and O–H groups in total. The van der Waals surface area contributed by atoms with E-state index in [0.29, 0.717) is 19.0 Å². The highest BCUT2D eigenvalue weighted by Gasteiger charge is 2.23. The molecule has 28 heavy (non-hydrogen) atoms. The minimum absolute atomic E-state index is 0.163. The van der Waals surface area contributed by atoms with Crippen molar-refractivity contribution in [1.29, 1.82) is 0 Å². The van der Waals surface area contributed by atoms with Crippen molar-refractivity contribution in [1.82, 2.24) is 15.5 Å². The fourth-order valence-corrected chi connectivity index (χ4v) is 3.35. The number of rotatable bonds is 8. The number of amides is 1. The number of anilines is 1. The lowest BCUT2D eigenvalue weighted by molar-refractivity contribution is -0.121. The Balaban J connectivity index is 1.45. The number of aliphatic imine (C=N–C) groups is 1. The number of carbonyl (C=O) groups is 1. The topological polar surface area (TPSA) is 69.2 Å². The largest absolute Gasteiger partial charge is 0.497 e. The summed E-state index contributed by atoms with van der Waals surface area (Å²) in [4.78, 5) is 21.2. The second-order valence-corrected chi connectivity index (χ2v) is 7.35. The van der Waals surface area contributed by atoms with Gasteiger partial charge in [0.05, 0.1) is 7.11 Å². The van der Waals surface area contributed by atoms with Crippen molar-refractivity contribution in [3.05, 3.63) is 24.3 Å². The summed E-state index contributed by atoms with van der Waals surface area (Å²) in [7, 11) is 1.69. The number of ether oxygens (including phenoxy) is 1. The summed E-state index contributed by atoms with van der Waals surface area (Å²) < 4.78 is 5.24. The molecule has 3 rings (SSSR count). The van der Waals surface area contributed by atoms with E-state index in [-0.39, 0.29) is 5.91 Å². The Kier molecular flexibility index (Phi) is 7.39. The van der Waals surface area contributed by atoms with E-state index in [1.807, 2.05) is 12.1 Å². The van der Waals surface area contributed by atoms with Crippen LogP contribution in [-0.4, -0.2) is 69.2 Å². The summed E-state index contributed by atoms with van der Waals surface area (Å²) in [6.07, 6.45) is 3.62. The van der Waals surface area contributed by atoms with Gasteiger partial charge in [-0.15, -0.1) is 0 Å². The van der Waals surface area contributed by atoms with Gasteiger partial charge >= 0.3 is 0 Å². The molecule has 1 aromatic rings. The molecule has 1 amide bonds. The van der Waals surface area contributed by atoms with Crippen LogP contribution in [0.25, 0.3) is 0 Å². The van der Waals surface area contributed by atoms with Gasteiger partial charge in [0.15, 0.2) is 5.96 Å². The summed E-state index contributed by atoms with van der Waals surface area (Å²) >= 11 is 0. The van der Waals surface area contributed by atoms with Gasteiger partial charge in [-0.25, -0.2) is 0 Å². The minimum Gasteiger partial charge on any atom is -0.497 e. The molecule has 1 aliphatic heterocycles. The molecule has 2 fully saturated rings. The van der Waals surface area contributed by atoms with E-state index in [4.69, 9.17) is 9.73 Å². The van der Waals surface area contributed by atoms with E-state index in [1.54, 1.807) is 7.11 Å². The van der Waals surface area contributed by atoms with Crippen LogP contribution >= 0.6 is 0 Å². The molecule has 1 saturated carbocycles. The van der Waals surface area contributed by atoms with Crippen LogP contribution in [0.15, 0.2) is 29.3 Å². The van der Waals surface area contributed by atoms with Gasteiger partial charge in [-0.2, -0.15) is 0 Å². The molecule has 7 nitrogen and oxygen atoms in total. The van der Waals surface area contributed by atoms with E-state index in [9.17, 15) is 4.79 Å². The van der Waals surface area contributed by atoms with Crippen molar-refractivity contribution in [2.75, 3.05) is 51.3 Å². The number of piperazine rings is 1. The monoisotopic (exact) mass is 387 g/mol. The number of benzene rings is 1. The van der Waals surface area contributed by atoms with E-state index < -0.39 is 0 Å². The molecule has 7 heteroatoms. The third-order valence-electron chi connectivity index (χ3n) is 5.12. The smallest absolute Gasteiger partial charge is 0.220 e. The van der Waals surface area contributed by atoms with Crippen LogP contribution in [0.4, 0.5) is 5.69 Å². The van der Waals surface area contributed by atoms with Gasteiger partial charge in [0.2, 0.25) is 5.91 Å². The molecule has 0 bridgehead atoms. The Labute approximate surface area is 168 Å². The van der Waals surface area contributed by atoms with Crippen molar-refractivity contribution in [2.45, 2.75) is 38.6 Å². The standard InChI is InChI=1S/C21H33N5O2/c1-3-22-21(23-12-4-5-20(27)24-17-6-7-17)26-15-13-25(14-16-26)18-8-10-19(28-2)11-9-18/h8-11,17H,3-7,12-16H2,1-2H3,(H,22,23)(H,24,27). The molecule has 1 aromatic carbocycles. The van der Waals surface area contributed by atoms with Crippen LogP contribution < -0.4 is 20.3 Å². The molecule has 0 aromatic heterocycles. The molecule has 1 heterocycles. The van der Waals surface area contributed by atoms with Gasteiger partial charge in [0.1, 0.15) is 5.75 Å². The van der Waals surface area contributed by atoms with Gasteiger partial charge in [0, 0.05) is 57.4 Å².